The molecule has 1 N–H and O–H groups in total. The molecule has 0 aliphatic carbocycles. The maximum atomic E-state index is 13.0. The molecule has 35 heavy (non-hydrogen) atoms. The van der Waals surface area contributed by atoms with Crippen molar-refractivity contribution in [2.24, 2.45) is 0 Å². The summed E-state index contributed by atoms with van der Waals surface area (Å²) in [6.07, 6.45) is 4.86. The third-order valence-corrected chi connectivity index (χ3v) is 6.26. The maximum absolute atomic E-state index is 13.0. The fourth-order valence-electron chi connectivity index (χ4n) is 4.39. The molecular formula is C26H28N6O3. The number of carbonyl (C=O) groups excluding carboxylic acids is 2. The van der Waals surface area contributed by atoms with Gasteiger partial charge in [-0.15, -0.1) is 0 Å². The molecule has 3 aromatic rings. The summed E-state index contributed by atoms with van der Waals surface area (Å²) in [7, 11) is 0. The monoisotopic (exact) mass is 472 g/mol. The largest absolute Gasteiger partial charge is 0.368 e. The minimum absolute atomic E-state index is 0.0301. The van der Waals surface area contributed by atoms with Gasteiger partial charge < -0.3 is 19.9 Å². The van der Waals surface area contributed by atoms with Gasteiger partial charge in [0.2, 0.25) is 0 Å². The van der Waals surface area contributed by atoms with Crippen molar-refractivity contribution in [1.29, 1.82) is 0 Å². The average molecular weight is 473 g/mol. The highest BCUT2D eigenvalue weighted by molar-refractivity contribution is 5.95. The number of anilines is 2. The Morgan fingerprint density at radius 1 is 1.03 bits per heavy atom. The molecule has 1 unspecified atom stereocenters. The van der Waals surface area contributed by atoms with Crippen LogP contribution in [0.5, 0.6) is 0 Å². The van der Waals surface area contributed by atoms with Crippen LogP contribution >= 0.6 is 0 Å². The van der Waals surface area contributed by atoms with Crippen molar-refractivity contribution in [1.82, 2.24) is 24.8 Å². The highest BCUT2D eigenvalue weighted by Crippen LogP contribution is 2.21. The molecule has 9 nitrogen and oxygen atoms in total. The summed E-state index contributed by atoms with van der Waals surface area (Å²) in [4.78, 5) is 42.4. The number of hydrogen-bond donors (Lipinski definition) is 1. The van der Waals surface area contributed by atoms with Crippen LogP contribution in [0.25, 0.3) is 11.4 Å². The Morgan fingerprint density at radius 3 is 2.49 bits per heavy atom. The normalized spacial score (nSPS) is 17.9. The number of rotatable bonds is 5. The SMILES string of the molecule is Cc1cc(Nc2ccc(C(=O)N3CCN(C(=O)C4CCCO4)CC3)cc2)nc(-c2cccnc2)n1. The van der Waals surface area contributed by atoms with Crippen molar-refractivity contribution < 1.29 is 14.3 Å². The maximum Gasteiger partial charge on any atom is 0.253 e. The number of hydrogen-bond acceptors (Lipinski definition) is 7. The quantitative estimate of drug-likeness (QED) is 0.609. The molecule has 180 valence electrons. The number of aromatic nitrogens is 3. The lowest BCUT2D eigenvalue weighted by Crippen LogP contribution is -2.52. The molecule has 0 bridgehead atoms. The van der Waals surface area contributed by atoms with Gasteiger partial charge in [0.05, 0.1) is 0 Å². The standard InChI is InChI=1S/C26H28N6O3/c1-18-16-23(30-24(28-18)20-4-2-10-27-17-20)29-21-8-6-19(7-9-21)25(33)31-11-13-32(14-12-31)26(34)22-5-3-15-35-22/h2,4,6-10,16-17,22H,3,5,11-15H2,1H3,(H,28,29,30). The van der Waals surface area contributed by atoms with Gasteiger partial charge in [0, 0.05) is 73.8 Å². The summed E-state index contributed by atoms with van der Waals surface area (Å²) in [6, 6.07) is 13.0. The molecule has 2 aliphatic rings. The molecule has 5 rings (SSSR count). The molecule has 0 spiro atoms. The topological polar surface area (TPSA) is 101 Å². The Bertz CT molecular complexity index is 1190. The number of nitrogens with one attached hydrogen (secondary N) is 1. The van der Waals surface area contributed by atoms with E-state index in [4.69, 9.17) is 4.74 Å². The highest BCUT2D eigenvalue weighted by Gasteiger charge is 2.31. The van der Waals surface area contributed by atoms with E-state index in [2.05, 4.69) is 20.3 Å². The molecule has 1 atom stereocenters. The van der Waals surface area contributed by atoms with Crippen molar-refractivity contribution in [3.05, 3.63) is 66.1 Å². The van der Waals surface area contributed by atoms with Crippen molar-refractivity contribution >= 4 is 23.3 Å². The Balaban J connectivity index is 1.20. The number of nitrogens with zero attached hydrogens (tertiary/aromatic N) is 5. The Morgan fingerprint density at radius 2 is 1.80 bits per heavy atom. The Labute approximate surface area is 204 Å². The van der Waals surface area contributed by atoms with E-state index < -0.39 is 0 Å². The second kappa shape index (κ2) is 10.2. The first-order valence-electron chi connectivity index (χ1n) is 11.9. The number of piperazine rings is 1. The van der Waals surface area contributed by atoms with E-state index in [1.165, 1.54) is 0 Å². The fraction of sp³-hybridized carbons (Fsp3) is 0.346. The molecule has 2 fully saturated rings. The molecule has 9 heteroatoms. The summed E-state index contributed by atoms with van der Waals surface area (Å²) in [5.74, 6) is 1.29. The number of benzene rings is 1. The number of ether oxygens (including phenoxy) is 1. The van der Waals surface area contributed by atoms with Gasteiger partial charge in [-0.05, 0) is 56.2 Å². The molecule has 0 saturated carbocycles. The van der Waals surface area contributed by atoms with Crippen LogP contribution in [0, 0.1) is 6.92 Å². The zero-order chi connectivity index (χ0) is 24.2. The summed E-state index contributed by atoms with van der Waals surface area (Å²) in [6.45, 7) is 4.70. The van der Waals surface area contributed by atoms with Gasteiger partial charge in [-0.3, -0.25) is 14.6 Å². The smallest absolute Gasteiger partial charge is 0.253 e. The van der Waals surface area contributed by atoms with Crippen LogP contribution in [0.2, 0.25) is 0 Å². The Hall–Kier alpha value is -3.85. The molecule has 2 saturated heterocycles. The van der Waals surface area contributed by atoms with Crippen molar-refractivity contribution in [3.8, 4) is 11.4 Å². The van der Waals surface area contributed by atoms with Gasteiger partial charge in [0.15, 0.2) is 5.82 Å². The molecule has 2 amide bonds. The summed E-state index contributed by atoms with van der Waals surface area (Å²) < 4.78 is 5.51. The Kier molecular flexibility index (Phi) is 6.67. The first-order chi connectivity index (χ1) is 17.1. The second-order valence-corrected chi connectivity index (χ2v) is 8.78. The fourth-order valence-corrected chi connectivity index (χ4v) is 4.39. The van der Waals surface area contributed by atoms with E-state index in [9.17, 15) is 9.59 Å². The van der Waals surface area contributed by atoms with Gasteiger partial charge in [-0.25, -0.2) is 9.97 Å². The van der Waals surface area contributed by atoms with Gasteiger partial charge in [0.1, 0.15) is 11.9 Å². The number of pyridine rings is 1. The van der Waals surface area contributed by atoms with Gasteiger partial charge in [0.25, 0.3) is 11.8 Å². The number of carbonyl (C=O) groups is 2. The number of aryl methyl sites for hydroxylation is 1. The van der Waals surface area contributed by atoms with Gasteiger partial charge >= 0.3 is 0 Å². The average Bonchev–Trinajstić information content (AvgIpc) is 3.44. The third kappa shape index (κ3) is 5.30. The molecular weight excluding hydrogens is 444 g/mol. The van der Waals surface area contributed by atoms with Gasteiger partial charge in [-0.2, -0.15) is 0 Å². The van der Waals surface area contributed by atoms with Crippen LogP contribution in [-0.4, -0.2) is 75.5 Å². The van der Waals surface area contributed by atoms with Crippen molar-refractivity contribution in [2.45, 2.75) is 25.9 Å². The predicted molar refractivity (Wildman–Crippen MR) is 131 cm³/mol. The van der Waals surface area contributed by atoms with Crippen molar-refractivity contribution in [2.75, 3.05) is 38.1 Å². The summed E-state index contributed by atoms with van der Waals surface area (Å²) in [5, 5.41) is 3.29. The minimum atomic E-state index is -0.309. The van der Waals surface area contributed by atoms with E-state index in [0.29, 0.717) is 50.0 Å². The molecule has 0 radical (unpaired) electrons. The van der Waals surface area contributed by atoms with E-state index in [1.54, 1.807) is 17.3 Å². The molecule has 2 aliphatic heterocycles. The van der Waals surface area contributed by atoms with Crippen LogP contribution in [0.4, 0.5) is 11.5 Å². The zero-order valence-electron chi connectivity index (χ0n) is 19.7. The predicted octanol–water partition coefficient (Wildman–Crippen LogP) is 3.05. The number of amides is 2. The van der Waals surface area contributed by atoms with E-state index in [-0.39, 0.29) is 17.9 Å². The first-order valence-corrected chi connectivity index (χ1v) is 11.9. The summed E-state index contributed by atoms with van der Waals surface area (Å²) in [5.41, 5.74) is 3.12. The lowest BCUT2D eigenvalue weighted by Gasteiger charge is -2.35. The van der Waals surface area contributed by atoms with E-state index in [1.807, 2.05) is 54.3 Å². The van der Waals surface area contributed by atoms with E-state index >= 15 is 0 Å². The first kappa shape index (κ1) is 22.9. The summed E-state index contributed by atoms with van der Waals surface area (Å²) >= 11 is 0. The van der Waals surface area contributed by atoms with Crippen LogP contribution in [0.3, 0.4) is 0 Å². The lowest BCUT2D eigenvalue weighted by molar-refractivity contribution is -0.142. The van der Waals surface area contributed by atoms with Crippen LogP contribution in [0.1, 0.15) is 28.9 Å². The third-order valence-electron chi connectivity index (χ3n) is 6.26. The van der Waals surface area contributed by atoms with E-state index in [0.717, 1.165) is 29.8 Å². The molecule has 1 aromatic carbocycles. The minimum Gasteiger partial charge on any atom is -0.368 e. The van der Waals surface area contributed by atoms with Crippen LogP contribution < -0.4 is 5.32 Å². The molecule has 2 aromatic heterocycles. The lowest BCUT2D eigenvalue weighted by atomic mass is 10.1. The molecule has 4 heterocycles. The zero-order valence-corrected chi connectivity index (χ0v) is 19.7. The van der Waals surface area contributed by atoms with Crippen LogP contribution in [-0.2, 0) is 9.53 Å². The van der Waals surface area contributed by atoms with Gasteiger partial charge in [-0.1, -0.05) is 0 Å². The van der Waals surface area contributed by atoms with Crippen molar-refractivity contribution in [3.63, 3.8) is 0 Å². The highest BCUT2D eigenvalue weighted by atomic mass is 16.5. The van der Waals surface area contributed by atoms with Crippen LogP contribution in [0.15, 0.2) is 54.9 Å². The second-order valence-electron chi connectivity index (χ2n) is 8.78.